The SMILES string of the molecule is CC[C@H](C)[C@H](N)C(=O)O.NCCCC[C@H](N)C(=O)O.N[C@@H](Cc1cnc[nH]1)C(=O)O. The van der Waals surface area contributed by atoms with Crippen molar-refractivity contribution in [1.29, 1.82) is 0 Å². The fourth-order valence-electron chi connectivity index (χ4n) is 1.85. The van der Waals surface area contributed by atoms with Crippen LogP contribution in [0.5, 0.6) is 0 Å². The maximum absolute atomic E-state index is 10.3. The summed E-state index contributed by atoms with van der Waals surface area (Å²) < 4.78 is 0. The number of carbonyl (C=O) groups is 3. The molecule has 1 aromatic heterocycles. The van der Waals surface area contributed by atoms with Gasteiger partial charge in [-0.15, -0.1) is 0 Å². The third kappa shape index (κ3) is 15.4. The quantitative estimate of drug-likeness (QED) is 0.204. The van der Waals surface area contributed by atoms with Crippen LogP contribution in [0.25, 0.3) is 0 Å². The summed E-state index contributed by atoms with van der Waals surface area (Å²) in [7, 11) is 0. The Morgan fingerprint density at radius 1 is 1.03 bits per heavy atom. The Morgan fingerprint density at radius 3 is 1.93 bits per heavy atom. The minimum absolute atomic E-state index is 0.0718. The number of aliphatic carboxylic acids is 3. The molecule has 1 aromatic rings. The van der Waals surface area contributed by atoms with Crippen LogP contribution in [-0.4, -0.2) is 67.9 Å². The van der Waals surface area contributed by atoms with E-state index in [0.29, 0.717) is 13.0 Å². The van der Waals surface area contributed by atoms with Gasteiger partial charge in [0.25, 0.3) is 0 Å². The molecule has 0 unspecified atom stereocenters. The number of aromatic amines is 1. The molecule has 0 aliphatic rings. The lowest BCUT2D eigenvalue weighted by Gasteiger charge is -2.11. The summed E-state index contributed by atoms with van der Waals surface area (Å²) in [5, 5.41) is 25.1. The van der Waals surface area contributed by atoms with Crippen molar-refractivity contribution in [2.75, 3.05) is 6.54 Å². The van der Waals surface area contributed by atoms with Crippen LogP contribution in [0.2, 0.25) is 0 Å². The fraction of sp³-hybridized carbons (Fsp3) is 0.667. The van der Waals surface area contributed by atoms with Crippen LogP contribution < -0.4 is 22.9 Å². The molecule has 0 spiro atoms. The molecule has 0 radical (unpaired) electrons. The summed E-state index contributed by atoms with van der Waals surface area (Å²) in [4.78, 5) is 37.1. The molecule has 12 nitrogen and oxygen atoms in total. The number of aromatic nitrogens is 2. The van der Waals surface area contributed by atoms with Crippen molar-refractivity contribution in [1.82, 2.24) is 9.97 Å². The number of nitrogens with two attached hydrogens (primary N) is 4. The molecule has 0 aliphatic heterocycles. The average Bonchev–Trinajstić information content (AvgIpc) is 3.20. The van der Waals surface area contributed by atoms with Crippen LogP contribution in [-0.2, 0) is 20.8 Å². The van der Waals surface area contributed by atoms with Gasteiger partial charge in [-0.25, -0.2) is 4.98 Å². The highest BCUT2D eigenvalue weighted by Gasteiger charge is 2.17. The van der Waals surface area contributed by atoms with E-state index in [1.165, 1.54) is 6.33 Å². The number of hydrogen-bond donors (Lipinski definition) is 8. The van der Waals surface area contributed by atoms with Gasteiger partial charge in [-0.2, -0.15) is 0 Å². The molecule has 4 atom stereocenters. The first kappa shape index (κ1) is 29.7. The average molecular weight is 433 g/mol. The maximum atomic E-state index is 10.3. The fourth-order valence-corrected chi connectivity index (χ4v) is 1.85. The number of nitrogens with one attached hydrogen (secondary N) is 1. The summed E-state index contributed by atoms with van der Waals surface area (Å²) in [6.07, 6.45) is 6.31. The van der Waals surface area contributed by atoms with E-state index in [-0.39, 0.29) is 12.3 Å². The smallest absolute Gasteiger partial charge is 0.320 e. The molecule has 0 saturated heterocycles. The highest BCUT2D eigenvalue weighted by Crippen LogP contribution is 2.04. The Morgan fingerprint density at radius 2 is 1.60 bits per heavy atom. The molecular formula is C18H36N6O6. The number of carboxylic acid groups (broad SMARTS) is 3. The lowest BCUT2D eigenvalue weighted by molar-refractivity contribution is -0.140. The van der Waals surface area contributed by atoms with Crippen LogP contribution in [0.4, 0.5) is 0 Å². The van der Waals surface area contributed by atoms with Crippen molar-refractivity contribution in [2.24, 2.45) is 28.9 Å². The Hall–Kier alpha value is -2.54. The van der Waals surface area contributed by atoms with Crippen molar-refractivity contribution in [3.05, 3.63) is 18.2 Å². The van der Waals surface area contributed by atoms with Crippen molar-refractivity contribution >= 4 is 17.9 Å². The first-order valence-electron chi connectivity index (χ1n) is 9.60. The monoisotopic (exact) mass is 432 g/mol. The van der Waals surface area contributed by atoms with Gasteiger partial charge in [0.2, 0.25) is 0 Å². The number of H-pyrrole nitrogens is 1. The number of imidazole rings is 1. The van der Waals surface area contributed by atoms with Gasteiger partial charge in [0.15, 0.2) is 0 Å². The zero-order valence-corrected chi connectivity index (χ0v) is 17.5. The first-order chi connectivity index (χ1) is 14.0. The molecule has 174 valence electrons. The predicted octanol–water partition coefficient (Wildman–Crippen LogP) is -0.664. The second-order valence-corrected chi connectivity index (χ2v) is 6.70. The molecule has 0 aliphatic carbocycles. The molecule has 12 heteroatoms. The Labute approximate surface area is 176 Å². The molecule has 0 fully saturated rings. The van der Waals surface area contributed by atoms with Crippen molar-refractivity contribution in [2.45, 2.75) is 64.1 Å². The zero-order valence-electron chi connectivity index (χ0n) is 17.5. The van der Waals surface area contributed by atoms with Gasteiger partial charge >= 0.3 is 17.9 Å². The minimum Gasteiger partial charge on any atom is -0.480 e. The maximum Gasteiger partial charge on any atom is 0.320 e. The van der Waals surface area contributed by atoms with E-state index in [0.717, 1.165) is 25.0 Å². The second kappa shape index (κ2) is 17.3. The lowest BCUT2D eigenvalue weighted by atomic mass is 10.0. The summed E-state index contributed by atoms with van der Waals surface area (Å²) in [6, 6.07) is -2.27. The molecule has 30 heavy (non-hydrogen) atoms. The molecular weight excluding hydrogens is 396 g/mol. The van der Waals surface area contributed by atoms with Crippen LogP contribution in [0, 0.1) is 5.92 Å². The van der Waals surface area contributed by atoms with E-state index < -0.39 is 36.0 Å². The van der Waals surface area contributed by atoms with Crippen molar-refractivity contribution in [3.63, 3.8) is 0 Å². The highest BCUT2D eigenvalue weighted by molar-refractivity contribution is 5.74. The number of hydrogen-bond acceptors (Lipinski definition) is 8. The standard InChI is InChI=1S/C6H9N3O2.C6H14N2O2.C6H13NO2/c7-5(6(10)11)1-4-2-8-3-9-4;7-4-2-1-3-5(8)6(9)10;1-3-4(2)5(7)6(8)9/h2-3,5H,1,7H2,(H,8,9)(H,10,11);5H,1-4,7-8H2,(H,9,10);4-5H,3,7H2,1-2H3,(H,8,9)/t2*5-;4-,5-/m000/s1. The van der Waals surface area contributed by atoms with E-state index in [1.807, 2.05) is 13.8 Å². The van der Waals surface area contributed by atoms with Gasteiger partial charge in [0.1, 0.15) is 18.1 Å². The van der Waals surface area contributed by atoms with E-state index in [1.54, 1.807) is 6.20 Å². The Kier molecular flexibility index (Phi) is 17.1. The Balaban J connectivity index is 0. The summed E-state index contributed by atoms with van der Waals surface area (Å²) >= 11 is 0. The van der Waals surface area contributed by atoms with E-state index in [9.17, 15) is 14.4 Å². The third-order valence-corrected chi connectivity index (χ3v) is 4.14. The molecule has 1 rings (SSSR count). The zero-order chi connectivity index (χ0) is 23.7. The van der Waals surface area contributed by atoms with E-state index >= 15 is 0 Å². The van der Waals surface area contributed by atoms with Crippen LogP contribution in [0.15, 0.2) is 12.5 Å². The molecule has 0 aromatic carbocycles. The first-order valence-corrected chi connectivity index (χ1v) is 9.60. The third-order valence-electron chi connectivity index (χ3n) is 4.14. The van der Waals surface area contributed by atoms with Gasteiger partial charge in [-0.3, -0.25) is 14.4 Å². The normalized spacial score (nSPS) is 14.1. The molecule has 1 heterocycles. The van der Waals surface area contributed by atoms with Crippen LogP contribution in [0.1, 0.15) is 45.2 Å². The Bertz CT molecular complexity index is 598. The van der Waals surface area contributed by atoms with Crippen molar-refractivity contribution < 1.29 is 29.7 Å². The van der Waals surface area contributed by atoms with Gasteiger partial charge in [-0.1, -0.05) is 26.7 Å². The molecule has 0 bridgehead atoms. The number of carboxylic acids is 3. The lowest BCUT2D eigenvalue weighted by Crippen LogP contribution is -2.36. The van der Waals surface area contributed by atoms with Gasteiger partial charge in [0, 0.05) is 18.3 Å². The van der Waals surface area contributed by atoms with E-state index in [4.69, 9.17) is 38.3 Å². The topological polar surface area (TPSA) is 245 Å². The largest absolute Gasteiger partial charge is 0.480 e. The minimum atomic E-state index is -1.00. The van der Waals surface area contributed by atoms with Gasteiger partial charge in [-0.05, 0) is 25.3 Å². The second-order valence-electron chi connectivity index (χ2n) is 6.70. The highest BCUT2D eigenvalue weighted by atomic mass is 16.4. The van der Waals surface area contributed by atoms with Gasteiger partial charge < -0.3 is 43.2 Å². The summed E-state index contributed by atoms with van der Waals surface area (Å²) in [5.74, 6) is -2.77. The predicted molar refractivity (Wildman–Crippen MR) is 111 cm³/mol. The molecule has 0 amide bonds. The molecule has 0 saturated carbocycles. The van der Waals surface area contributed by atoms with Crippen molar-refractivity contribution in [3.8, 4) is 0 Å². The van der Waals surface area contributed by atoms with Crippen LogP contribution in [0.3, 0.4) is 0 Å². The molecule has 12 N–H and O–H groups in total. The summed E-state index contributed by atoms with van der Waals surface area (Å²) in [6.45, 7) is 4.36. The van der Waals surface area contributed by atoms with Gasteiger partial charge in [0.05, 0.1) is 6.33 Å². The van der Waals surface area contributed by atoms with E-state index in [2.05, 4.69) is 9.97 Å². The number of unbranched alkanes of at least 4 members (excludes halogenated alkanes) is 1. The number of rotatable bonds is 11. The number of nitrogens with zero attached hydrogens (tertiary/aromatic N) is 1. The van der Waals surface area contributed by atoms with Crippen LogP contribution >= 0.6 is 0 Å². The summed E-state index contributed by atoms with van der Waals surface area (Å²) in [5.41, 5.74) is 21.7.